The second-order valence-electron chi connectivity index (χ2n) is 4.67. The quantitative estimate of drug-likeness (QED) is 0.582. The number of halogens is 3. The largest absolute Gasteiger partial charge is 0.466 e. The second kappa shape index (κ2) is 7.05. The molecule has 118 valence electrons. The van der Waals surface area contributed by atoms with Crippen LogP contribution in [0.25, 0.3) is 10.8 Å². The number of carbonyl (C=O) groups excluding carboxylic acids is 1. The predicted octanol–water partition coefficient (Wildman–Crippen LogP) is 4.82. The van der Waals surface area contributed by atoms with Crippen LogP contribution >= 0.6 is 11.8 Å². The maximum absolute atomic E-state index is 13.1. The molecule has 2 aromatic rings. The van der Waals surface area contributed by atoms with Crippen LogP contribution in [-0.4, -0.2) is 24.0 Å². The lowest BCUT2D eigenvalue weighted by Crippen LogP contribution is -2.29. The van der Waals surface area contributed by atoms with Gasteiger partial charge < -0.3 is 4.74 Å². The van der Waals surface area contributed by atoms with Crippen LogP contribution in [-0.2, 0) is 9.53 Å². The van der Waals surface area contributed by atoms with E-state index in [0.29, 0.717) is 16.7 Å². The first-order chi connectivity index (χ1) is 10.4. The molecule has 1 atom stereocenters. The molecule has 0 spiro atoms. The van der Waals surface area contributed by atoms with Crippen LogP contribution in [0.3, 0.4) is 0 Å². The van der Waals surface area contributed by atoms with Crippen molar-refractivity contribution in [1.82, 2.24) is 0 Å². The fraction of sp³-hybridized carbons (Fsp3) is 0.312. The highest BCUT2D eigenvalue weighted by Crippen LogP contribution is 2.38. The molecule has 0 aliphatic rings. The van der Waals surface area contributed by atoms with Gasteiger partial charge in [0.1, 0.15) is 5.25 Å². The van der Waals surface area contributed by atoms with Crippen molar-refractivity contribution in [3.8, 4) is 0 Å². The maximum atomic E-state index is 13.1. The number of benzene rings is 2. The number of rotatable bonds is 5. The van der Waals surface area contributed by atoms with Gasteiger partial charge >= 0.3 is 12.1 Å². The molecule has 0 bridgehead atoms. The minimum absolute atomic E-state index is 0.0735. The van der Waals surface area contributed by atoms with Gasteiger partial charge in [-0.3, -0.25) is 4.79 Å². The molecule has 0 unspecified atom stereocenters. The third-order valence-electron chi connectivity index (χ3n) is 3.02. The normalized spacial score (nSPS) is 13.1. The SMILES string of the molecule is CCOC(=O)C[C@@H](Sc1ccc2ccccc2c1)C(F)(F)F. The summed E-state index contributed by atoms with van der Waals surface area (Å²) in [6, 6.07) is 12.5. The Hall–Kier alpha value is -1.69. The first kappa shape index (κ1) is 16.7. The summed E-state index contributed by atoms with van der Waals surface area (Å²) in [6.45, 7) is 1.64. The molecule has 0 saturated carbocycles. The zero-order valence-electron chi connectivity index (χ0n) is 11.9. The lowest BCUT2D eigenvalue weighted by molar-refractivity contribution is -0.154. The molecule has 2 aromatic carbocycles. The van der Waals surface area contributed by atoms with Gasteiger partial charge in [-0.25, -0.2) is 0 Å². The van der Waals surface area contributed by atoms with E-state index in [1.807, 2.05) is 24.3 Å². The first-order valence-electron chi connectivity index (χ1n) is 6.78. The number of hydrogen-bond acceptors (Lipinski definition) is 3. The molecular weight excluding hydrogens is 313 g/mol. The zero-order chi connectivity index (χ0) is 16.2. The molecule has 6 heteroatoms. The van der Waals surface area contributed by atoms with E-state index in [9.17, 15) is 18.0 Å². The number of fused-ring (bicyclic) bond motifs is 1. The summed E-state index contributed by atoms with van der Waals surface area (Å²) in [5, 5.41) is 0.0121. The number of esters is 1. The summed E-state index contributed by atoms with van der Waals surface area (Å²) in [5.74, 6) is -0.835. The first-order valence-corrected chi connectivity index (χ1v) is 7.66. The highest BCUT2D eigenvalue weighted by molar-refractivity contribution is 8.00. The van der Waals surface area contributed by atoms with E-state index in [4.69, 9.17) is 0 Å². The fourth-order valence-electron chi connectivity index (χ4n) is 2.00. The highest BCUT2D eigenvalue weighted by atomic mass is 32.2. The fourth-order valence-corrected chi connectivity index (χ4v) is 3.02. The molecule has 0 aliphatic heterocycles. The Labute approximate surface area is 130 Å². The van der Waals surface area contributed by atoms with Gasteiger partial charge in [0.05, 0.1) is 13.0 Å². The van der Waals surface area contributed by atoms with Gasteiger partial charge in [0.25, 0.3) is 0 Å². The molecule has 0 N–H and O–H groups in total. The van der Waals surface area contributed by atoms with Crippen LogP contribution in [0.5, 0.6) is 0 Å². The van der Waals surface area contributed by atoms with E-state index < -0.39 is 23.8 Å². The molecule has 0 heterocycles. The number of alkyl halides is 3. The Morgan fingerprint density at radius 3 is 2.50 bits per heavy atom. The highest BCUT2D eigenvalue weighted by Gasteiger charge is 2.42. The van der Waals surface area contributed by atoms with Crippen LogP contribution in [0.15, 0.2) is 47.4 Å². The van der Waals surface area contributed by atoms with Crippen molar-refractivity contribution >= 4 is 28.5 Å². The Bertz CT molecular complexity index is 655. The number of thioether (sulfide) groups is 1. The number of ether oxygens (including phenoxy) is 1. The van der Waals surface area contributed by atoms with Gasteiger partial charge in [-0.1, -0.05) is 30.3 Å². The molecular formula is C16H15F3O2S. The van der Waals surface area contributed by atoms with Gasteiger partial charge in [0.2, 0.25) is 0 Å². The van der Waals surface area contributed by atoms with E-state index in [2.05, 4.69) is 4.74 Å². The van der Waals surface area contributed by atoms with E-state index in [1.54, 1.807) is 25.1 Å². The third kappa shape index (κ3) is 4.40. The van der Waals surface area contributed by atoms with Gasteiger partial charge in [0.15, 0.2) is 0 Å². The Morgan fingerprint density at radius 1 is 1.18 bits per heavy atom. The van der Waals surface area contributed by atoms with Crippen molar-refractivity contribution in [3.63, 3.8) is 0 Å². The summed E-state index contributed by atoms with van der Waals surface area (Å²) >= 11 is 0.639. The van der Waals surface area contributed by atoms with Crippen molar-refractivity contribution in [2.75, 3.05) is 6.61 Å². The van der Waals surface area contributed by atoms with Crippen molar-refractivity contribution < 1.29 is 22.7 Å². The van der Waals surface area contributed by atoms with E-state index in [-0.39, 0.29) is 6.61 Å². The van der Waals surface area contributed by atoms with E-state index in [1.165, 1.54) is 0 Å². The molecule has 0 saturated heterocycles. The molecule has 22 heavy (non-hydrogen) atoms. The lowest BCUT2D eigenvalue weighted by atomic mass is 10.1. The zero-order valence-corrected chi connectivity index (χ0v) is 12.7. The minimum Gasteiger partial charge on any atom is -0.466 e. The molecule has 0 amide bonds. The molecule has 2 rings (SSSR count). The Balaban J connectivity index is 2.19. The van der Waals surface area contributed by atoms with E-state index in [0.717, 1.165) is 10.8 Å². The molecule has 0 radical (unpaired) electrons. The van der Waals surface area contributed by atoms with Crippen LogP contribution in [0, 0.1) is 0 Å². The summed E-state index contributed by atoms with van der Waals surface area (Å²) in [5.41, 5.74) is 0. The van der Waals surface area contributed by atoms with Crippen molar-refractivity contribution in [2.24, 2.45) is 0 Å². The van der Waals surface area contributed by atoms with Gasteiger partial charge in [-0.05, 0) is 29.8 Å². The van der Waals surface area contributed by atoms with Crippen molar-refractivity contribution in [2.45, 2.75) is 29.7 Å². The number of hydrogen-bond donors (Lipinski definition) is 0. The molecule has 2 nitrogen and oxygen atoms in total. The standard InChI is InChI=1S/C16H15F3O2S/c1-2-21-15(20)10-14(16(17,18)19)22-13-8-7-11-5-3-4-6-12(11)9-13/h3-9,14H,2,10H2,1H3/t14-/m1/s1. The lowest BCUT2D eigenvalue weighted by Gasteiger charge is -2.19. The van der Waals surface area contributed by atoms with Crippen LogP contribution in [0.2, 0.25) is 0 Å². The summed E-state index contributed by atoms with van der Waals surface area (Å²) < 4.78 is 43.9. The van der Waals surface area contributed by atoms with Crippen molar-refractivity contribution in [3.05, 3.63) is 42.5 Å². The molecule has 0 aromatic heterocycles. The van der Waals surface area contributed by atoms with Crippen molar-refractivity contribution in [1.29, 1.82) is 0 Å². The minimum atomic E-state index is -4.47. The monoisotopic (exact) mass is 328 g/mol. The van der Waals surface area contributed by atoms with Gasteiger partial charge in [-0.15, -0.1) is 11.8 Å². The van der Waals surface area contributed by atoms with Gasteiger partial charge in [0, 0.05) is 4.90 Å². The molecule has 0 aliphatic carbocycles. The topological polar surface area (TPSA) is 26.3 Å². The summed E-state index contributed by atoms with van der Waals surface area (Å²) in [7, 11) is 0. The summed E-state index contributed by atoms with van der Waals surface area (Å²) in [4.78, 5) is 11.8. The Kier molecular flexibility index (Phi) is 5.34. The Morgan fingerprint density at radius 2 is 1.86 bits per heavy atom. The smallest absolute Gasteiger partial charge is 0.401 e. The predicted molar refractivity (Wildman–Crippen MR) is 80.9 cm³/mol. The van der Waals surface area contributed by atoms with Crippen LogP contribution < -0.4 is 0 Å². The second-order valence-corrected chi connectivity index (χ2v) is 5.94. The third-order valence-corrected chi connectivity index (χ3v) is 4.27. The van der Waals surface area contributed by atoms with E-state index >= 15 is 0 Å². The summed E-state index contributed by atoms with van der Waals surface area (Å²) in [6.07, 6.45) is -5.15. The average molecular weight is 328 g/mol. The number of carbonyl (C=O) groups is 1. The van der Waals surface area contributed by atoms with Crippen LogP contribution in [0.1, 0.15) is 13.3 Å². The maximum Gasteiger partial charge on any atom is 0.401 e. The molecule has 0 fully saturated rings. The van der Waals surface area contributed by atoms with Gasteiger partial charge in [-0.2, -0.15) is 13.2 Å². The van der Waals surface area contributed by atoms with Crippen LogP contribution in [0.4, 0.5) is 13.2 Å². The average Bonchev–Trinajstić information content (AvgIpc) is 2.46.